The fraction of sp³-hybridized carbons (Fsp3) is 0.0588. The first-order valence-electron chi connectivity index (χ1n) is 6.83. The fourth-order valence-electron chi connectivity index (χ4n) is 2.22. The molecule has 2 aromatic carbocycles. The quantitative estimate of drug-likeness (QED) is 0.646. The van der Waals surface area contributed by atoms with Crippen molar-refractivity contribution in [1.29, 1.82) is 0 Å². The number of allylic oxidation sites excluding steroid dienone is 1. The predicted molar refractivity (Wildman–Crippen MR) is 91.3 cm³/mol. The fourth-order valence-corrected chi connectivity index (χ4v) is 3.53. The lowest BCUT2D eigenvalue weighted by Crippen LogP contribution is -2.16. The second-order valence-corrected chi connectivity index (χ2v) is 6.24. The van der Waals surface area contributed by atoms with Gasteiger partial charge >= 0.3 is 0 Å². The Kier molecular flexibility index (Phi) is 4.41. The molecule has 0 saturated carbocycles. The average Bonchev–Trinajstić information content (AvgIpc) is 2.84. The van der Waals surface area contributed by atoms with E-state index in [0.717, 1.165) is 10.2 Å². The summed E-state index contributed by atoms with van der Waals surface area (Å²) in [5.41, 5.74) is 0.854. The third-order valence-electron chi connectivity index (χ3n) is 3.26. The van der Waals surface area contributed by atoms with Crippen molar-refractivity contribution >= 4 is 39.1 Å². The summed E-state index contributed by atoms with van der Waals surface area (Å²) in [7, 11) is 0. The van der Waals surface area contributed by atoms with Crippen LogP contribution in [0.25, 0.3) is 10.2 Å². The van der Waals surface area contributed by atoms with Gasteiger partial charge in [-0.2, -0.15) is 4.99 Å². The Morgan fingerprint density at radius 3 is 2.87 bits per heavy atom. The molecule has 0 N–H and O–H groups in total. The molecule has 6 heteroatoms. The van der Waals surface area contributed by atoms with E-state index in [0.29, 0.717) is 16.4 Å². The van der Waals surface area contributed by atoms with E-state index in [2.05, 4.69) is 11.6 Å². The molecule has 0 aliphatic heterocycles. The normalized spacial score (nSPS) is 11.8. The van der Waals surface area contributed by atoms with Crippen LogP contribution in [-0.2, 0) is 6.54 Å². The van der Waals surface area contributed by atoms with E-state index in [1.54, 1.807) is 18.2 Å². The molecule has 0 unspecified atom stereocenters. The zero-order valence-electron chi connectivity index (χ0n) is 12.0. The Balaban J connectivity index is 2.18. The lowest BCUT2D eigenvalue weighted by atomic mass is 10.2. The number of hydrogen-bond donors (Lipinski definition) is 0. The highest BCUT2D eigenvalue weighted by atomic mass is 35.5. The Bertz CT molecular complexity index is 974. The number of carbonyl (C=O) groups excluding carboxylic acids is 1. The van der Waals surface area contributed by atoms with Crippen LogP contribution in [0.5, 0.6) is 0 Å². The van der Waals surface area contributed by atoms with Crippen LogP contribution in [0.2, 0.25) is 5.02 Å². The Hall–Kier alpha value is -2.24. The van der Waals surface area contributed by atoms with Crippen molar-refractivity contribution in [1.82, 2.24) is 4.57 Å². The monoisotopic (exact) mass is 346 g/mol. The molecule has 23 heavy (non-hydrogen) atoms. The molecule has 0 radical (unpaired) electrons. The first kappa shape index (κ1) is 15.6. The maximum Gasteiger partial charge on any atom is 0.282 e. The summed E-state index contributed by atoms with van der Waals surface area (Å²) in [6.07, 6.45) is 1.72. The molecule has 1 amide bonds. The third kappa shape index (κ3) is 3.11. The van der Waals surface area contributed by atoms with Gasteiger partial charge in [-0.25, -0.2) is 4.39 Å². The molecule has 0 aliphatic carbocycles. The highest BCUT2D eigenvalue weighted by molar-refractivity contribution is 7.16. The van der Waals surface area contributed by atoms with Crippen molar-refractivity contribution < 1.29 is 9.18 Å². The summed E-state index contributed by atoms with van der Waals surface area (Å²) in [6.45, 7) is 4.21. The minimum absolute atomic E-state index is 0.0480. The number of amides is 1. The molecule has 3 aromatic rings. The van der Waals surface area contributed by atoms with Crippen LogP contribution in [0, 0.1) is 5.82 Å². The summed E-state index contributed by atoms with van der Waals surface area (Å²) in [5, 5.41) is 0.608. The number of nitrogens with zero attached hydrogens (tertiary/aromatic N) is 2. The van der Waals surface area contributed by atoms with Gasteiger partial charge in [0.15, 0.2) is 4.80 Å². The minimum Gasteiger partial charge on any atom is -0.312 e. The molecule has 3 rings (SSSR count). The van der Waals surface area contributed by atoms with Gasteiger partial charge in [0, 0.05) is 11.6 Å². The molecule has 3 nitrogen and oxygen atoms in total. The van der Waals surface area contributed by atoms with Crippen molar-refractivity contribution in [3.8, 4) is 0 Å². The number of benzene rings is 2. The number of rotatable bonds is 3. The lowest BCUT2D eigenvalue weighted by molar-refractivity contribution is 0.0994. The van der Waals surface area contributed by atoms with E-state index >= 15 is 0 Å². The van der Waals surface area contributed by atoms with Gasteiger partial charge in [0.05, 0.1) is 15.8 Å². The van der Waals surface area contributed by atoms with Crippen LogP contribution in [0.1, 0.15) is 10.4 Å². The van der Waals surface area contributed by atoms with E-state index in [-0.39, 0.29) is 5.56 Å². The van der Waals surface area contributed by atoms with Gasteiger partial charge in [-0.05, 0) is 30.3 Å². The van der Waals surface area contributed by atoms with Crippen LogP contribution in [0.3, 0.4) is 0 Å². The molecule has 116 valence electrons. The van der Waals surface area contributed by atoms with Crippen molar-refractivity contribution in [3.05, 3.63) is 76.3 Å². The lowest BCUT2D eigenvalue weighted by Gasteiger charge is -2.01. The zero-order chi connectivity index (χ0) is 16.4. The third-order valence-corrected chi connectivity index (χ3v) is 4.53. The maximum absolute atomic E-state index is 13.7. The molecule has 0 bridgehead atoms. The largest absolute Gasteiger partial charge is 0.312 e. The standard InChI is InChI=1S/C17H12ClFN2OS/c1-2-9-21-14-8-7-11(18)10-15(14)23-17(21)20-16(22)12-5-3-4-6-13(12)19/h2-8,10H,1,9H2. The number of halogens is 2. The SMILES string of the molecule is C=CCn1c(=NC(=O)c2ccccc2F)sc2cc(Cl)ccc21. The summed E-state index contributed by atoms with van der Waals surface area (Å²) in [6, 6.07) is 11.3. The second-order valence-electron chi connectivity index (χ2n) is 4.79. The highest BCUT2D eigenvalue weighted by Crippen LogP contribution is 2.22. The van der Waals surface area contributed by atoms with Gasteiger partial charge in [-0.3, -0.25) is 4.79 Å². The minimum atomic E-state index is -0.612. The van der Waals surface area contributed by atoms with Crippen molar-refractivity contribution in [2.24, 2.45) is 4.99 Å². The van der Waals surface area contributed by atoms with Gasteiger partial charge in [-0.1, -0.05) is 41.1 Å². The van der Waals surface area contributed by atoms with Crippen LogP contribution in [0.15, 0.2) is 60.1 Å². The van der Waals surface area contributed by atoms with Gasteiger partial charge in [-0.15, -0.1) is 6.58 Å². The Morgan fingerprint density at radius 1 is 1.35 bits per heavy atom. The van der Waals surface area contributed by atoms with E-state index in [1.165, 1.54) is 29.5 Å². The maximum atomic E-state index is 13.7. The van der Waals surface area contributed by atoms with Crippen molar-refractivity contribution in [3.63, 3.8) is 0 Å². The van der Waals surface area contributed by atoms with Crippen molar-refractivity contribution in [2.45, 2.75) is 6.54 Å². The first-order chi connectivity index (χ1) is 11.1. The van der Waals surface area contributed by atoms with Gasteiger partial charge in [0.2, 0.25) is 0 Å². The van der Waals surface area contributed by atoms with Crippen LogP contribution < -0.4 is 4.80 Å². The summed E-state index contributed by atoms with van der Waals surface area (Å²) in [5.74, 6) is -1.20. The number of fused-ring (bicyclic) bond motifs is 1. The molecule has 1 aromatic heterocycles. The molecule has 1 heterocycles. The number of thiazole rings is 1. The first-order valence-corrected chi connectivity index (χ1v) is 8.03. The molecule has 0 saturated heterocycles. The van der Waals surface area contributed by atoms with E-state index < -0.39 is 11.7 Å². The second kappa shape index (κ2) is 6.48. The number of aromatic nitrogens is 1. The van der Waals surface area contributed by atoms with E-state index in [4.69, 9.17) is 11.6 Å². The van der Waals surface area contributed by atoms with Crippen LogP contribution in [0.4, 0.5) is 4.39 Å². The van der Waals surface area contributed by atoms with E-state index in [9.17, 15) is 9.18 Å². The summed E-state index contributed by atoms with van der Waals surface area (Å²) >= 11 is 7.34. The summed E-state index contributed by atoms with van der Waals surface area (Å²) in [4.78, 5) is 16.8. The van der Waals surface area contributed by atoms with Gasteiger partial charge in [0.25, 0.3) is 5.91 Å². The Morgan fingerprint density at radius 2 is 2.13 bits per heavy atom. The van der Waals surface area contributed by atoms with E-state index in [1.807, 2.05) is 16.7 Å². The number of hydrogen-bond acceptors (Lipinski definition) is 2. The number of carbonyl (C=O) groups is 1. The van der Waals surface area contributed by atoms with Crippen LogP contribution >= 0.6 is 22.9 Å². The van der Waals surface area contributed by atoms with Gasteiger partial charge < -0.3 is 4.57 Å². The smallest absolute Gasteiger partial charge is 0.282 e. The van der Waals surface area contributed by atoms with Crippen molar-refractivity contribution in [2.75, 3.05) is 0 Å². The molecule has 0 aliphatic rings. The summed E-state index contributed by atoms with van der Waals surface area (Å²) < 4.78 is 16.5. The topological polar surface area (TPSA) is 34.4 Å². The molecule has 0 spiro atoms. The zero-order valence-corrected chi connectivity index (χ0v) is 13.6. The average molecular weight is 347 g/mol. The van der Waals surface area contributed by atoms with Gasteiger partial charge in [0.1, 0.15) is 5.82 Å². The predicted octanol–water partition coefficient (Wildman–Crippen LogP) is 4.42. The molecular weight excluding hydrogens is 335 g/mol. The molecule has 0 fully saturated rings. The molecule has 0 atom stereocenters. The Labute approximate surface area is 141 Å². The molecular formula is C17H12ClFN2OS. The van der Waals surface area contributed by atoms with Crippen LogP contribution in [-0.4, -0.2) is 10.5 Å². The highest BCUT2D eigenvalue weighted by Gasteiger charge is 2.12.